The second kappa shape index (κ2) is 7.99. The predicted octanol–water partition coefficient (Wildman–Crippen LogP) is 1.33. The third kappa shape index (κ3) is 5.46. The molecule has 0 saturated carbocycles. The molecule has 1 unspecified atom stereocenters. The highest BCUT2D eigenvalue weighted by Crippen LogP contribution is 2.31. The first-order chi connectivity index (χ1) is 9.02. The molecule has 3 N–H and O–H groups in total. The maximum absolute atomic E-state index is 9.73. The van der Waals surface area contributed by atoms with Crippen molar-refractivity contribution in [3.8, 4) is 11.5 Å². The van der Waals surface area contributed by atoms with E-state index in [1.807, 2.05) is 21.0 Å². The van der Waals surface area contributed by atoms with Crippen molar-refractivity contribution in [3.63, 3.8) is 0 Å². The monoisotopic (exact) mass is 268 g/mol. The summed E-state index contributed by atoms with van der Waals surface area (Å²) in [5.41, 5.74) is 0.524. The van der Waals surface area contributed by atoms with E-state index in [1.54, 1.807) is 18.2 Å². The van der Waals surface area contributed by atoms with Crippen LogP contribution in [-0.4, -0.2) is 55.5 Å². The smallest absolute Gasteiger partial charge is 0.124 e. The Hall–Kier alpha value is -1.30. The molecule has 0 saturated heterocycles. The molecule has 0 amide bonds. The number of hydrogen-bond donors (Lipinski definition) is 3. The van der Waals surface area contributed by atoms with Gasteiger partial charge >= 0.3 is 0 Å². The lowest BCUT2D eigenvalue weighted by atomic mass is 10.1. The number of ether oxygens (including phenoxy) is 1. The predicted molar refractivity (Wildman–Crippen MR) is 75.6 cm³/mol. The lowest BCUT2D eigenvalue weighted by Gasteiger charge is -2.17. The molecule has 0 spiro atoms. The number of aromatic hydroxyl groups is 2. The topological polar surface area (TPSA) is 65.0 Å². The van der Waals surface area contributed by atoms with Crippen molar-refractivity contribution in [2.75, 3.05) is 40.4 Å². The van der Waals surface area contributed by atoms with Crippen LogP contribution in [-0.2, 0) is 4.74 Å². The van der Waals surface area contributed by atoms with Gasteiger partial charge in [-0.2, -0.15) is 0 Å². The number of rotatable bonds is 8. The minimum absolute atomic E-state index is 0.105. The van der Waals surface area contributed by atoms with Crippen LogP contribution in [0.2, 0.25) is 0 Å². The van der Waals surface area contributed by atoms with Crippen LogP contribution in [0.1, 0.15) is 18.5 Å². The third-order valence-electron chi connectivity index (χ3n) is 2.87. The molecule has 0 aliphatic heterocycles. The first-order valence-corrected chi connectivity index (χ1v) is 6.49. The zero-order chi connectivity index (χ0) is 14.3. The van der Waals surface area contributed by atoms with Gasteiger partial charge in [-0.15, -0.1) is 0 Å². The van der Waals surface area contributed by atoms with Crippen LogP contribution in [0.3, 0.4) is 0 Å². The summed E-state index contributed by atoms with van der Waals surface area (Å²) in [6, 6.07) is 4.63. The minimum Gasteiger partial charge on any atom is -0.507 e. The molecular formula is C14H24N2O3. The summed E-state index contributed by atoms with van der Waals surface area (Å²) < 4.78 is 5.46. The van der Waals surface area contributed by atoms with Crippen LogP contribution in [0.5, 0.6) is 11.5 Å². The molecule has 108 valence electrons. The van der Waals surface area contributed by atoms with Crippen LogP contribution in [0.15, 0.2) is 18.2 Å². The molecule has 1 rings (SSSR count). The summed E-state index contributed by atoms with van der Waals surface area (Å²) in [7, 11) is 4.01. The summed E-state index contributed by atoms with van der Waals surface area (Å²) in [5.74, 6) is 0.210. The van der Waals surface area contributed by atoms with Crippen molar-refractivity contribution in [1.82, 2.24) is 10.2 Å². The van der Waals surface area contributed by atoms with Gasteiger partial charge in [0.15, 0.2) is 0 Å². The molecule has 19 heavy (non-hydrogen) atoms. The van der Waals surface area contributed by atoms with Crippen LogP contribution in [0.25, 0.3) is 0 Å². The molecule has 1 aromatic carbocycles. The normalized spacial score (nSPS) is 12.8. The standard InChI is InChI=1S/C14H24N2O3/c1-11(14-12(17)5-4-6-13(14)18)15-7-9-19-10-8-16(2)3/h4-6,11,15,17-18H,7-10H2,1-3H3. The highest BCUT2D eigenvalue weighted by atomic mass is 16.5. The number of phenols is 2. The van der Waals surface area contributed by atoms with Crippen molar-refractivity contribution >= 4 is 0 Å². The lowest BCUT2D eigenvalue weighted by molar-refractivity contribution is 0.118. The van der Waals surface area contributed by atoms with E-state index in [-0.39, 0.29) is 17.5 Å². The van der Waals surface area contributed by atoms with Gasteiger partial charge in [-0.1, -0.05) is 6.07 Å². The maximum atomic E-state index is 9.73. The van der Waals surface area contributed by atoms with E-state index in [2.05, 4.69) is 10.2 Å². The maximum Gasteiger partial charge on any atom is 0.124 e. The largest absolute Gasteiger partial charge is 0.507 e. The molecule has 0 aromatic heterocycles. The van der Waals surface area contributed by atoms with Crippen LogP contribution < -0.4 is 5.32 Å². The Labute approximate surface area is 114 Å². The van der Waals surface area contributed by atoms with E-state index in [0.29, 0.717) is 25.3 Å². The summed E-state index contributed by atoms with van der Waals surface area (Å²) >= 11 is 0. The van der Waals surface area contributed by atoms with Gasteiger partial charge < -0.3 is 25.2 Å². The van der Waals surface area contributed by atoms with Crippen LogP contribution >= 0.6 is 0 Å². The summed E-state index contributed by atoms with van der Waals surface area (Å²) in [6.07, 6.45) is 0. The first-order valence-electron chi connectivity index (χ1n) is 6.49. The molecule has 0 aliphatic rings. The Morgan fingerprint density at radius 3 is 2.42 bits per heavy atom. The number of benzene rings is 1. The average molecular weight is 268 g/mol. The van der Waals surface area contributed by atoms with E-state index in [1.165, 1.54) is 0 Å². The molecule has 0 heterocycles. The SMILES string of the molecule is CC(NCCOCCN(C)C)c1c(O)cccc1O. The number of likely N-dealkylation sites (N-methyl/N-ethyl adjacent to an activating group) is 1. The number of phenolic OH excluding ortho intramolecular Hbond substituents is 2. The number of nitrogens with zero attached hydrogens (tertiary/aromatic N) is 1. The van der Waals surface area contributed by atoms with Crippen molar-refractivity contribution < 1.29 is 14.9 Å². The van der Waals surface area contributed by atoms with Gasteiger partial charge in [-0.3, -0.25) is 0 Å². The highest BCUT2D eigenvalue weighted by molar-refractivity contribution is 5.44. The van der Waals surface area contributed by atoms with E-state index < -0.39 is 0 Å². The van der Waals surface area contributed by atoms with Gasteiger partial charge in [-0.05, 0) is 33.2 Å². The van der Waals surface area contributed by atoms with Crippen molar-refractivity contribution in [2.24, 2.45) is 0 Å². The van der Waals surface area contributed by atoms with Gasteiger partial charge in [-0.25, -0.2) is 0 Å². The Balaban J connectivity index is 2.30. The Morgan fingerprint density at radius 1 is 1.21 bits per heavy atom. The Morgan fingerprint density at radius 2 is 1.84 bits per heavy atom. The Kier molecular flexibility index (Phi) is 6.62. The van der Waals surface area contributed by atoms with E-state index in [0.717, 1.165) is 6.54 Å². The van der Waals surface area contributed by atoms with Gasteiger partial charge in [0.2, 0.25) is 0 Å². The van der Waals surface area contributed by atoms with Crippen molar-refractivity contribution in [2.45, 2.75) is 13.0 Å². The average Bonchev–Trinajstić information content (AvgIpc) is 2.33. The van der Waals surface area contributed by atoms with Gasteiger partial charge in [0.05, 0.1) is 18.8 Å². The van der Waals surface area contributed by atoms with E-state index >= 15 is 0 Å². The highest BCUT2D eigenvalue weighted by Gasteiger charge is 2.13. The summed E-state index contributed by atoms with van der Waals surface area (Å²) in [4.78, 5) is 2.07. The molecular weight excluding hydrogens is 244 g/mol. The number of hydrogen-bond acceptors (Lipinski definition) is 5. The fourth-order valence-electron chi connectivity index (χ4n) is 1.78. The van der Waals surface area contributed by atoms with Crippen molar-refractivity contribution in [1.29, 1.82) is 0 Å². The second-order valence-corrected chi connectivity index (χ2v) is 4.80. The van der Waals surface area contributed by atoms with Crippen LogP contribution in [0.4, 0.5) is 0 Å². The molecule has 1 atom stereocenters. The molecule has 5 heteroatoms. The summed E-state index contributed by atoms with van der Waals surface area (Å²) in [5, 5.41) is 22.7. The molecule has 0 radical (unpaired) electrons. The lowest BCUT2D eigenvalue weighted by Crippen LogP contribution is -2.25. The molecule has 5 nitrogen and oxygen atoms in total. The van der Waals surface area contributed by atoms with E-state index in [9.17, 15) is 10.2 Å². The van der Waals surface area contributed by atoms with Crippen LogP contribution in [0, 0.1) is 0 Å². The second-order valence-electron chi connectivity index (χ2n) is 4.80. The minimum atomic E-state index is -0.126. The zero-order valence-electron chi connectivity index (χ0n) is 11.9. The van der Waals surface area contributed by atoms with Gasteiger partial charge in [0, 0.05) is 19.1 Å². The van der Waals surface area contributed by atoms with Crippen molar-refractivity contribution in [3.05, 3.63) is 23.8 Å². The molecule has 1 aromatic rings. The first kappa shape index (κ1) is 15.8. The van der Waals surface area contributed by atoms with Gasteiger partial charge in [0.25, 0.3) is 0 Å². The summed E-state index contributed by atoms with van der Waals surface area (Å²) in [6.45, 7) is 4.77. The quantitative estimate of drug-likeness (QED) is 0.621. The fraction of sp³-hybridized carbons (Fsp3) is 0.571. The molecule has 0 fully saturated rings. The van der Waals surface area contributed by atoms with E-state index in [4.69, 9.17) is 4.74 Å². The molecule has 0 bridgehead atoms. The van der Waals surface area contributed by atoms with Gasteiger partial charge in [0.1, 0.15) is 11.5 Å². The Bertz CT molecular complexity index is 363. The fourth-order valence-corrected chi connectivity index (χ4v) is 1.78. The third-order valence-corrected chi connectivity index (χ3v) is 2.87. The molecule has 0 aliphatic carbocycles. The zero-order valence-corrected chi connectivity index (χ0v) is 11.9. The number of nitrogens with one attached hydrogen (secondary N) is 1.